The molecular weight excluding hydrogens is 268 g/mol. The highest BCUT2D eigenvalue weighted by Gasteiger charge is 2.26. The van der Waals surface area contributed by atoms with Gasteiger partial charge in [-0.25, -0.2) is 0 Å². The summed E-state index contributed by atoms with van der Waals surface area (Å²) in [6.07, 6.45) is 3.79. The lowest BCUT2D eigenvalue weighted by Crippen LogP contribution is -2.37. The van der Waals surface area contributed by atoms with Gasteiger partial charge in [-0.15, -0.1) is 11.3 Å². The maximum absolute atomic E-state index is 12.3. The molecule has 1 saturated carbocycles. The van der Waals surface area contributed by atoms with E-state index in [0.717, 1.165) is 34.9 Å². The van der Waals surface area contributed by atoms with Gasteiger partial charge in [0.25, 0.3) is 0 Å². The Morgan fingerprint density at radius 3 is 2.67 bits per heavy atom. The predicted molar refractivity (Wildman–Crippen MR) is 75.7 cm³/mol. The monoisotopic (exact) mass is 286 g/mol. The molecule has 1 aliphatic rings. The van der Waals surface area contributed by atoms with Crippen molar-refractivity contribution in [2.45, 2.75) is 38.3 Å². The summed E-state index contributed by atoms with van der Waals surface area (Å²) in [7, 11) is 1.87. The van der Waals surface area contributed by atoms with Gasteiger partial charge in [-0.2, -0.15) is 0 Å². The van der Waals surface area contributed by atoms with Crippen molar-refractivity contribution in [2.24, 2.45) is 11.7 Å². The summed E-state index contributed by atoms with van der Waals surface area (Å²) in [5, 5.41) is 0. The molecule has 1 heterocycles. The van der Waals surface area contributed by atoms with Crippen LogP contribution >= 0.6 is 22.9 Å². The van der Waals surface area contributed by atoms with E-state index in [2.05, 4.69) is 0 Å². The van der Waals surface area contributed by atoms with Crippen LogP contribution < -0.4 is 5.73 Å². The third kappa shape index (κ3) is 3.46. The topological polar surface area (TPSA) is 46.3 Å². The summed E-state index contributed by atoms with van der Waals surface area (Å²) in [5.41, 5.74) is 5.86. The number of amides is 1. The van der Waals surface area contributed by atoms with Crippen molar-refractivity contribution in [3.63, 3.8) is 0 Å². The van der Waals surface area contributed by atoms with Gasteiger partial charge < -0.3 is 10.6 Å². The van der Waals surface area contributed by atoms with E-state index in [1.54, 1.807) is 0 Å². The first-order valence-electron chi connectivity index (χ1n) is 6.31. The molecule has 2 rings (SSSR count). The summed E-state index contributed by atoms with van der Waals surface area (Å²) in [4.78, 5) is 15.2. The first-order chi connectivity index (χ1) is 8.56. The van der Waals surface area contributed by atoms with Gasteiger partial charge in [-0.1, -0.05) is 11.6 Å². The molecule has 1 aliphatic carbocycles. The molecule has 1 aromatic heterocycles. The molecule has 100 valence electrons. The number of carbonyl (C=O) groups is 1. The minimum atomic E-state index is 0.158. The minimum absolute atomic E-state index is 0.158. The summed E-state index contributed by atoms with van der Waals surface area (Å²) >= 11 is 7.42. The first-order valence-corrected chi connectivity index (χ1v) is 7.50. The second kappa shape index (κ2) is 6.04. The Morgan fingerprint density at radius 2 is 2.11 bits per heavy atom. The van der Waals surface area contributed by atoms with E-state index in [0.29, 0.717) is 6.54 Å². The molecule has 18 heavy (non-hydrogen) atoms. The van der Waals surface area contributed by atoms with E-state index in [-0.39, 0.29) is 17.9 Å². The normalized spacial score (nSPS) is 23.9. The van der Waals surface area contributed by atoms with Gasteiger partial charge in [0.05, 0.1) is 10.9 Å². The summed E-state index contributed by atoms with van der Waals surface area (Å²) in [6.45, 7) is 0.652. The van der Waals surface area contributed by atoms with E-state index < -0.39 is 0 Å². The van der Waals surface area contributed by atoms with Crippen LogP contribution in [0.4, 0.5) is 0 Å². The lowest BCUT2D eigenvalue weighted by molar-refractivity contribution is -0.135. The molecule has 0 aromatic carbocycles. The molecular formula is C13H19ClN2OS. The zero-order valence-electron chi connectivity index (χ0n) is 10.6. The van der Waals surface area contributed by atoms with Crippen LogP contribution in [-0.4, -0.2) is 23.9 Å². The smallest absolute Gasteiger partial charge is 0.225 e. The van der Waals surface area contributed by atoms with Crippen LogP contribution in [0, 0.1) is 5.92 Å². The van der Waals surface area contributed by atoms with Crippen LogP contribution in [0.25, 0.3) is 0 Å². The lowest BCUT2D eigenvalue weighted by Gasteiger charge is -2.28. The first kappa shape index (κ1) is 13.8. The second-order valence-corrected chi connectivity index (χ2v) is 6.81. The fraction of sp³-hybridized carbons (Fsp3) is 0.615. The maximum Gasteiger partial charge on any atom is 0.225 e. The van der Waals surface area contributed by atoms with E-state index in [1.807, 2.05) is 24.1 Å². The minimum Gasteiger partial charge on any atom is -0.340 e. The average Bonchev–Trinajstić information content (AvgIpc) is 2.75. The summed E-state index contributed by atoms with van der Waals surface area (Å²) in [5.74, 6) is 0.400. The third-order valence-corrected chi connectivity index (χ3v) is 4.74. The fourth-order valence-corrected chi connectivity index (χ4v) is 3.57. The number of hydrogen-bond donors (Lipinski definition) is 1. The third-order valence-electron chi connectivity index (χ3n) is 3.52. The van der Waals surface area contributed by atoms with E-state index >= 15 is 0 Å². The number of rotatable bonds is 3. The van der Waals surface area contributed by atoms with Gasteiger partial charge in [0.15, 0.2) is 0 Å². The van der Waals surface area contributed by atoms with Gasteiger partial charge >= 0.3 is 0 Å². The standard InChI is InChI=1S/C13H19ClN2OS/c1-16(8-11-6-7-12(14)18-11)13(17)9-2-4-10(15)5-3-9/h6-7,9-10H,2-5,8,15H2,1H3. The van der Waals surface area contributed by atoms with Crippen molar-refractivity contribution >= 4 is 28.8 Å². The van der Waals surface area contributed by atoms with Crippen molar-refractivity contribution in [3.05, 3.63) is 21.3 Å². The molecule has 0 bridgehead atoms. The summed E-state index contributed by atoms with van der Waals surface area (Å²) in [6, 6.07) is 4.14. The van der Waals surface area contributed by atoms with Gasteiger partial charge in [0.1, 0.15) is 0 Å². The molecule has 5 heteroatoms. The van der Waals surface area contributed by atoms with Crippen LogP contribution in [0.5, 0.6) is 0 Å². The number of carbonyl (C=O) groups excluding carboxylic acids is 1. The fourth-order valence-electron chi connectivity index (χ4n) is 2.43. The number of halogens is 1. The Bertz CT molecular complexity index is 413. The van der Waals surface area contributed by atoms with Crippen LogP contribution in [-0.2, 0) is 11.3 Å². The zero-order chi connectivity index (χ0) is 13.1. The van der Waals surface area contributed by atoms with E-state index in [9.17, 15) is 4.79 Å². The molecule has 1 aromatic rings. The van der Waals surface area contributed by atoms with Gasteiger partial charge in [0, 0.05) is 23.9 Å². The van der Waals surface area contributed by atoms with Crippen LogP contribution in [0.3, 0.4) is 0 Å². The Kier molecular flexibility index (Phi) is 4.65. The Balaban J connectivity index is 1.88. The van der Waals surface area contributed by atoms with E-state index in [1.165, 1.54) is 11.3 Å². The maximum atomic E-state index is 12.3. The Morgan fingerprint density at radius 1 is 1.44 bits per heavy atom. The predicted octanol–water partition coefficient (Wildman–Crippen LogP) is 2.88. The van der Waals surface area contributed by atoms with Crippen LogP contribution in [0.2, 0.25) is 4.34 Å². The molecule has 3 nitrogen and oxygen atoms in total. The number of nitrogens with zero attached hydrogens (tertiary/aromatic N) is 1. The Hall–Kier alpha value is -0.580. The summed E-state index contributed by atoms with van der Waals surface area (Å²) < 4.78 is 0.773. The largest absolute Gasteiger partial charge is 0.340 e. The number of thiophene rings is 1. The molecule has 0 spiro atoms. The highest BCUT2D eigenvalue weighted by atomic mass is 35.5. The van der Waals surface area contributed by atoms with Gasteiger partial charge in [-0.3, -0.25) is 4.79 Å². The average molecular weight is 287 g/mol. The van der Waals surface area contributed by atoms with Crippen molar-refractivity contribution in [2.75, 3.05) is 7.05 Å². The molecule has 0 atom stereocenters. The molecule has 0 aliphatic heterocycles. The number of hydrogen-bond acceptors (Lipinski definition) is 3. The quantitative estimate of drug-likeness (QED) is 0.929. The molecule has 1 amide bonds. The second-order valence-electron chi connectivity index (χ2n) is 5.01. The molecule has 0 unspecified atom stereocenters. The molecule has 0 radical (unpaired) electrons. The van der Waals surface area contributed by atoms with Crippen LogP contribution in [0.15, 0.2) is 12.1 Å². The van der Waals surface area contributed by atoms with Gasteiger partial charge in [-0.05, 0) is 37.8 Å². The van der Waals surface area contributed by atoms with Crippen molar-refractivity contribution in [1.29, 1.82) is 0 Å². The molecule has 1 fully saturated rings. The lowest BCUT2D eigenvalue weighted by atomic mass is 9.85. The highest BCUT2D eigenvalue weighted by molar-refractivity contribution is 7.16. The zero-order valence-corrected chi connectivity index (χ0v) is 12.1. The van der Waals surface area contributed by atoms with Crippen molar-refractivity contribution < 1.29 is 4.79 Å². The molecule has 2 N–H and O–H groups in total. The van der Waals surface area contributed by atoms with Crippen molar-refractivity contribution in [1.82, 2.24) is 4.90 Å². The van der Waals surface area contributed by atoms with Gasteiger partial charge in [0.2, 0.25) is 5.91 Å². The Labute approximate surface area is 117 Å². The van der Waals surface area contributed by atoms with Crippen molar-refractivity contribution in [3.8, 4) is 0 Å². The van der Waals surface area contributed by atoms with E-state index in [4.69, 9.17) is 17.3 Å². The van der Waals surface area contributed by atoms with Crippen LogP contribution in [0.1, 0.15) is 30.6 Å². The number of nitrogens with two attached hydrogens (primary N) is 1. The highest BCUT2D eigenvalue weighted by Crippen LogP contribution is 2.27. The molecule has 0 saturated heterocycles. The SMILES string of the molecule is CN(Cc1ccc(Cl)s1)C(=O)C1CCC(N)CC1.